The first-order valence-electron chi connectivity index (χ1n) is 50.3. The SMILES string of the molecule is CC[C@@H]1[C@@H]2CN(C(=O)[C@H](C3(C)CCOCC3)NC(=O)O[C@@H]3C[C@H]3CCCCCc3nc4ccc(OC)cc4nc3O2)[C@@H]1[C-]=O.COc1ccc2nc3c(nc2c1)O[C@H]1CN(C(=O)[C@H](C2(C)CCOCC2)NC(=O)O[C@@H]2CC4CC4[C@H]2CCCCC3(F)F)[C@H]([C-]=O)[C@@H]1C.COc1ccc2nc3c(nc2c1)O[C@H]1CN(C(=O)[C@H](C2(C)CCOCC2)NC(=O)O[C@]2(C)CCC[C@H]2CCCCC3(F)F)[C@H]([C-]=O)[C@@H]1C.[HH].[HH].[HH].[V].[V].[V]. The normalized spacial score (nSPS) is 32.1. The molecule has 40 heteroatoms. The second-order valence-electron chi connectivity index (χ2n) is 42.0. The Morgan fingerprint density at radius 3 is 1.29 bits per heavy atom. The van der Waals surface area contributed by atoms with Gasteiger partial charge < -0.3 is 102 Å². The number of alkyl carbamates (subject to hydrolysis) is 3. The maximum Gasteiger partial charge on any atom is 0.408 e. The van der Waals surface area contributed by atoms with E-state index in [0.717, 1.165) is 69.0 Å². The zero-order valence-electron chi connectivity index (χ0n) is 82.9. The molecule has 6 amide bonds. The van der Waals surface area contributed by atoms with Crippen LogP contribution in [0.3, 0.4) is 0 Å². The Bertz CT molecular complexity index is 5470. The molecule has 3 aromatic heterocycles. The third-order valence-electron chi connectivity index (χ3n) is 32.9. The number of methoxy groups -OCH3 is 3. The summed E-state index contributed by atoms with van der Waals surface area (Å²) in [6, 6.07) is 9.34. The van der Waals surface area contributed by atoms with E-state index in [-0.39, 0.29) is 151 Å². The fourth-order valence-corrected chi connectivity index (χ4v) is 23.5. The van der Waals surface area contributed by atoms with Crippen LogP contribution in [0.4, 0.5) is 31.9 Å². The number of aromatic nitrogens is 6. The fourth-order valence-electron chi connectivity index (χ4n) is 23.5. The standard InChI is InChI=1S/C35H43F2N4O7.C35H45F2N4O7.C33H43N4O7.3V.3H2/c1-19-26(18-42)41-17-28(19)47-31-29(38-24-8-7-21(45-3)16-25(24)39-31)35(36,37)9-5-4-6-22-23-14-20(23)15-27(22)48-33(44)40-30(32(41)43)34(2)10-12-46-13-11-34;1-21-26(20-42)41-19-27(21)47-30-28(38-24-11-10-23(45-4)18-25(24)39-30)35(36,37)13-6-5-8-22-9-7-12-34(22,3)48-32(44)40-29(31(41)43)33(2)14-16-46-17-15-33;1-4-22-26(19-38)37-18-28(22)43-30-24(34-23-11-10-21(41-3)17-25(23)35-30)9-7-5-6-8-20-16-27(20)44-32(40)36-29(31(37)39)33(2)12-14-42-15-13-33;;;;;;/h7-8,16,19-20,22-23,26-28,30H,4-6,9-15,17H2,1-3H3,(H,40,44);10-11,18,21-22,26-27,29H,5-9,12-17,19H2,1-4H3,(H,40,44);10-11,17,20,22,26-29H,4-9,12-16,18H2,1-3H3,(H,36,40);;;;3*1H/q3*-1;;;;;;/t19-,20?,22+,23?,26+,27+,28-,30+;21-,22+,26+,27-,29+,34+;20-,22+,26-,27-,28+,29-;;;;;;/m001....../s1. The fraction of sp³-hybridized carbons (Fsp3) is 0.680. The smallest absolute Gasteiger partial charge is 0.408 e. The minimum atomic E-state index is -3.38. The third kappa shape index (κ3) is 23.8. The average molecular weight is 2110 g/mol. The number of fused-ring (bicyclic) bond motifs is 17. The summed E-state index contributed by atoms with van der Waals surface area (Å²) in [6.45, 7) is 15.7. The van der Waals surface area contributed by atoms with Crippen LogP contribution >= 0.6 is 0 Å². The predicted octanol–water partition coefficient (Wildman–Crippen LogP) is 15.3. The van der Waals surface area contributed by atoms with Crippen molar-refractivity contribution in [2.45, 2.75) is 300 Å². The van der Waals surface area contributed by atoms with Gasteiger partial charge in [0.15, 0.2) is 11.4 Å². The summed E-state index contributed by atoms with van der Waals surface area (Å²) in [4.78, 5) is 153. The first-order chi connectivity index (χ1) is 67.2. The number of hydrogen-bond acceptors (Lipinski definition) is 27. The maximum atomic E-state index is 16.1. The molecule has 3 N–H and O–H groups in total. The number of rotatable bonds is 10. The number of hydrogen-bond donors (Lipinski definition) is 3. The van der Waals surface area contributed by atoms with E-state index in [1.165, 1.54) is 28.9 Å². The van der Waals surface area contributed by atoms with E-state index in [0.29, 0.717) is 181 Å². The minimum absolute atomic E-state index is 0. The Labute approximate surface area is 871 Å². The molecular weight excluding hydrogens is 1970 g/mol. The number of carbonyl (C=O) groups is 6. The molecule has 10 fully saturated rings. The van der Waals surface area contributed by atoms with Crippen molar-refractivity contribution in [2.75, 3.05) is 80.6 Å². The molecule has 2 unspecified atom stereocenters. The van der Waals surface area contributed by atoms with Gasteiger partial charge in [0, 0.05) is 147 Å². The number of amides is 6. The molecule has 143 heavy (non-hydrogen) atoms. The quantitative estimate of drug-likeness (QED) is 0.0651. The topological polar surface area (TPSA) is 388 Å². The van der Waals surface area contributed by atoms with Crippen LogP contribution in [0.5, 0.6) is 34.9 Å². The first kappa shape index (κ1) is 110. The largest absolute Gasteiger partial charge is 0.540 e. The van der Waals surface area contributed by atoms with Gasteiger partial charge in [0.1, 0.15) is 77.2 Å². The van der Waals surface area contributed by atoms with Crippen LogP contribution in [0.15, 0.2) is 54.6 Å². The second kappa shape index (κ2) is 46.2. The zero-order valence-corrected chi connectivity index (χ0v) is 87.1. The van der Waals surface area contributed by atoms with Gasteiger partial charge in [0.05, 0.1) is 74.1 Å². The van der Waals surface area contributed by atoms with Crippen molar-refractivity contribution in [3.8, 4) is 34.9 Å². The molecule has 20 atom stereocenters. The van der Waals surface area contributed by atoms with E-state index in [9.17, 15) is 43.2 Å². The van der Waals surface area contributed by atoms with Crippen LogP contribution in [0.25, 0.3) is 33.1 Å². The van der Waals surface area contributed by atoms with E-state index < -0.39 is 154 Å². The zero-order chi connectivity index (χ0) is 98.9. The molecule has 9 aliphatic heterocycles. The van der Waals surface area contributed by atoms with Crippen LogP contribution in [0, 0.1) is 63.6 Å². The van der Waals surface area contributed by atoms with Gasteiger partial charge in [-0.25, -0.2) is 63.1 Å². The summed E-state index contributed by atoms with van der Waals surface area (Å²) in [5.41, 5.74) is -0.591. The number of nitrogens with zero attached hydrogens (tertiary/aromatic N) is 9. The Balaban J connectivity index is 0.000000204. The van der Waals surface area contributed by atoms with E-state index in [1.54, 1.807) is 57.4 Å². The molecule has 4 aliphatic carbocycles. The molecule has 33 nitrogen and oxygen atoms in total. The summed E-state index contributed by atoms with van der Waals surface area (Å²) in [5, 5.41) is 8.75. The van der Waals surface area contributed by atoms with Crippen LogP contribution in [-0.2, 0) is 131 Å². The van der Waals surface area contributed by atoms with Crippen LogP contribution in [0.1, 0.15) is 230 Å². The molecule has 781 valence electrons. The van der Waals surface area contributed by atoms with Gasteiger partial charge in [0.2, 0.25) is 35.4 Å². The molecule has 3 radical (unpaired) electrons. The number of halogens is 4. The number of carbonyl (C=O) groups excluding carboxylic acids is 9. The van der Waals surface area contributed by atoms with Crippen molar-refractivity contribution in [3.63, 3.8) is 0 Å². The van der Waals surface area contributed by atoms with Crippen molar-refractivity contribution in [1.82, 2.24) is 60.6 Å². The van der Waals surface area contributed by atoms with E-state index in [1.807, 2.05) is 65.4 Å². The number of alkyl halides is 4. The van der Waals surface area contributed by atoms with Gasteiger partial charge >= 0.3 is 18.3 Å². The predicted molar refractivity (Wildman–Crippen MR) is 506 cm³/mol. The number of aryl methyl sites for hydroxylation is 1. The minimum Gasteiger partial charge on any atom is -0.540 e. The van der Waals surface area contributed by atoms with E-state index in [2.05, 4.69) is 42.2 Å². The third-order valence-corrected chi connectivity index (χ3v) is 32.9. The van der Waals surface area contributed by atoms with Crippen molar-refractivity contribution in [2.24, 2.45) is 63.6 Å². The molecule has 19 rings (SSSR count). The van der Waals surface area contributed by atoms with Crippen molar-refractivity contribution < 1.29 is 178 Å². The van der Waals surface area contributed by atoms with Gasteiger partial charge in [-0.2, -0.15) is 17.6 Å². The number of benzene rings is 3. The van der Waals surface area contributed by atoms with Gasteiger partial charge in [-0.1, -0.05) is 91.8 Å². The number of ether oxygens (including phenoxy) is 12. The summed E-state index contributed by atoms with van der Waals surface area (Å²) < 4.78 is 134. The Morgan fingerprint density at radius 2 is 0.825 bits per heavy atom. The Hall–Kier alpha value is -8.94. The van der Waals surface area contributed by atoms with Gasteiger partial charge in [-0.3, -0.25) is 14.4 Å². The second-order valence-corrected chi connectivity index (χ2v) is 42.0. The number of nitrogens with one attached hydrogen (secondary N) is 3. The molecule has 6 saturated heterocycles. The average Bonchev–Trinajstić information content (AvgIpc) is 1.58. The molecule has 3 aromatic carbocycles. The van der Waals surface area contributed by atoms with Gasteiger partial charge in [-0.15, -0.1) is 0 Å². The van der Waals surface area contributed by atoms with Gasteiger partial charge in [-0.05, 0) is 213 Å². The molecular formula is C103H137F4N12O21V3-3. The molecule has 12 heterocycles. The van der Waals surface area contributed by atoms with Gasteiger partial charge in [0.25, 0.3) is 11.8 Å². The molecule has 13 aliphatic rings. The molecule has 6 bridgehead atoms. The summed E-state index contributed by atoms with van der Waals surface area (Å²) in [5.74, 6) is -7.00. The van der Waals surface area contributed by atoms with Crippen molar-refractivity contribution in [1.29, 1.82) is 0 Å². The molecule has 6 aromatic rings. The summed E-state index contributed by atoms with van der Waals surface area (Å²) in [6.07, 6.45) is 16.4. The first-order valence-corrected chi connectivity index (χ1v) is 50.3. The van der Waals surface area contributed by atoms with Crippen LogP contribution < -0.4 is 44.4 Å². The summed E-state index contributed by atoms with van der Waals surface area (Å²) in [7, 11) is 4.60. The summed E-state index contributed by atoms with van der Waals surface area (Å²) >= 11 is 0. The molecule has 4 saturated carbocycles. The maximum absolute atomic E-state index is 16.1. The Morgan fingerprint density at radius 1 is 0.420 bits per heavy atom. The Kier molecular flexibility index (Phi) is 35.5. The van der Waals surface area contributed by atoms with Crippen LogP contribution in [0.2, 0.25) is 0 Å². The molecule has 0 spiro atoms. The van der Waals surface area contributed by atoms with Crippen molar-refractivity contribution in [3.05, 3.63) is 71.7 Å². The monoisotopic (exact) mass is 2110 g/mol. The van der Waals surface area contributed by atoms with Crippen molar-refractivity contribution >= 4 is 88.0 Å². The van der Waals surface area contributed by atoms with E-state index in [4.69, 9.17) is 66.8 Å². The van der Waals surface area contributed by atoms with E-state index >= 15 is 17.6 Å². The van der Waals surface area contributed by atoms with Crippen LogP contribution in [-0.4, -0.2) is 252 Å².